The topological polar surface area (TPSA) is 140 Å². The van der Waals surface area contributed by atoms with Crippen molar-refractivity contribution in [3.05, 3.63) is 86.5 Å². The number of nitrogens with zero attached hydrogens (tertiary/aromatic N) is 4. The molecule has 1 fully saturated rings. The van der Waals surface area contributed by atoms with Gasteiger partial charge in [0, 0.05) is 35.8 Å². The van der Waals surface area contributed by atoms with Gasteiger partial charge in [0.05, 0.1) is 53.9 Å². The number of aliphatic hydroxyl groups excluding tert-OH is 1. The highest BCUT2D eigenvalue weighted by molar-refractivity contribution is 6.39. The van der Waals surface area contributed by atoms with Crippen LogP contribution in [0.25, 0.3) is 22.4 Å². The molecular weight excluding hydrogens is 571 g/mol. The molecule has 2 unspecified atom stereocenters. The Morgan fingerprint density at radius 3 is 2.56 bits per heavy atom. The molecule has 0 saturated carbocycles. The summed E-state index contributed by atoms with van der Waals surface area (Å²) in [6.45, 7) is 1.18. The molecule has 1 saturated heterocycles. The van der Waals surface area contributed by atoms with E-state index in [0.717, 1.165) is 16.6 Å². The zero-order valence-corrected chi connectivity index (χ0v) is 23.6. The molecule has 11 nitrogen and oxygen atoms in total. The van der Waals surface area contributed by atoms with Crippen LogP contribution >= 0.6 is 23.2 Å². The summed E-state index contributed by atoms with van der Waals surface area (Å²) in [5, 5.41) is 20.3. The third-order valence-corrected chi connectivity index (χ3v) is 7.49. The van der Waals surface area contributed by atoms with E-state index in [9.17, 15) is 14.7 Å². The minimum atomic E-state index is -0.715. The van der Waals surface area contributed by atoms with Crippen LogP contribution in [0.5, 0.6) is 5.88 Å². The van der Waals surface area contributed by atoms with Crippen LogP contribution in [0, 0.1) is 0 Å². The molecule has 0 bridgehead atoms. The second-order valence-corrected chi connectivity index (χ2v) is 10.0. The highest BCUT2D eigenvalue weighted by atomic mass is 35.5. The van der Waals surface area contributed by atoms with Gasteiger partial charge in [-0.05, 0) is 12.1 Å². The number of hydrogen-bond acceptors (Lipinski definition) is 9. The first-order valence-electron chi connectivity index (χ1n) is 12.6. The van der Waals surface area contributed by atoms with Gasteiger partial charge < -0.3 is 25.2 Å². The smallest absolute Gasteiger partial charge is 0.298 e. The van der Waals surface area contributed by atoms with Gasteiger partial charge in [-0.15, -0.1) is 0 Å². The molecule has 3 N–H and O–H groups in total. The van der Waals surface area contributed by atoms with Gasteiger partial charge >= 0.3 is 0 Å². The van der Waals surface area contributed by atoms with Crippen molar-refractivity contribution in [3.63, 3.8) is 0 Å². The number of halogens is 2. The SMILES string of the molecule is COc1nc(-c2cccc(-c3cccc(NC(=O)c4ncnn(C)c4=O)c3Cl)c2Cl)ccc1CNC1COCC1O. The third-order valence-electron chi connectivity index (χ3n) is 6.67. The first-order chi connectivity index (χ1) is 19.8. The molecule has 41 heavy (non-hydrogen) atoms. The number of nitrogens with one attached hydrogen (secondary N) is 2. The molecule has 2 aromatic heterocycles. The molecule has 13 heteroatoms. The zero-order valence-electron chi connectivity index (χ0n) is 22.1. The minimum absolute atomic E-state index is 0.165. The molecule has 0 radical (unpaired) electrons. The van der Waals surface area contributed by atoms with E-state index in [1.807, 2.05) is 30.3 Å². The van der Waals surface area contributed by atoms with Crippen LogP contribution in [0.15, 0.2) is 59.7 Å². The van der Waals surface area contributed by atoms with E-state index in [0.29, 0.717) is 53.0 Å². The van der Waals surface area contributed by atoms with Crippen LogP contribution < -0.4 is 20.9 Å². The molecule has 5 rings (SSSR count). The Bertz CT molecular complexity index is 1660. The fraction of sp³-hybridized carbons (Fsp3) is 0.250. The van der Waals surface area contributed by atoms with Crippen molar-refractivity contribution in [2.45, 2.75) is 18.7 Å². The summed E-state index contributed by atoms with van der Waals surface area (Å²) in [5.74, 6) is -0.295. The standard InChI is InChI=1S/C28H26Cl2N6O5/c1-36-28(39)25(32-14-33-36)26(38)34-20-8-4-6-17(24(20)30)16-5-3-7-18(23(16)29)19-10-9-15(27(35-19)40-2)11-31-21-12-41-13-22(21)37/h3-10,14,21-22,31,37H,11-13H2,1-2H3,(H,34,38). The summed E-state index contributed by atoms with van der Waals surface area (Å²) in [5.41, 5.74) is 2.57. The number of carbonyl (C=O) groups is 1. The Morgan fingerprint density at radius 2 is 1.83 bits per heavy atom. The summed E-state index contributed by atoms with van der Waals surface area (Å²) in [7, 11) is 2.97. The van der Waals surface area contributed by atoms with Crippen LogP contribution in [0.2, 0.25) is 10.0 Å². The summed E-state index contributed by atoms with van der Waals surface area (Å²) in [6.07, 6.45) is 0.564. The van der Waals surface area contributed by atoms with Gasteiger partial charge in [0.2, 0.25) is 5.88 Å². The summed E-state index contributed by atoms with van der Waals surface area (Å²) in [6, 6.07) is 14.1. The quantitative estimate of drug-likeness (QED) is 0.279. The lowest BCUT2D eigenvalue weighted by molar-refractivity contribution is 0.101. The summed E-state index contributed by atoms with van der Waals surface area (Å²) in [4.78, 5) is 33.5. The predicted octanol–water partition coefficient (Wildman–Crippen LogP) is 3.32. The van der Waals surface area contributed by atoms with Crippen molar-refractivity contribution in [2.75, 3.05) is 25.6 Å². The number of benzene rings is 2. The number of carbonyl (C=O) groups excluding carboxylic acids is 1. The maximum atomic E-state index is 12.8. The van der Waals surface area contributed by atoms with Crippen molar-refractivity contribution >= 4 is 34.8 Å². The van der Waals surface area contributed by atoms with Gasteiger partial charge in [0.15, 0.2) is 5.69 Å². The Kier molecular flexibility index (Phi) is 8.62. The lowest BCUT2D eigenvalue weighted by Crippen LogP contribution is -2.38. The molecule has 3 heterocycles. The molecule has 2 aromatic carbocycles. The molecule has 212 valence electrons. The molecule has 2 atom stereocenters. The van der Waals surface area contributed by atoms with Crippen LogP contribution in [0.4, 0.5) is 5.69 Å². The van der Waals surface area contributed by atoms with E-state index in [2.05, 4.69) is 25.7 Å². The number of aryl methyl sites for hydroxylation is 1. The summed E-state index contributed by atoms with van der Waals surface area (Å²) >= 11 is 13.6. The van der Waals surface area contributed by atoms with Gasteiger partial charge in [0.25, 0.3) is 11.5 Å². The van der Waals surface area contributed by atoms with Crippen LogP contribution in [0.1, 0.15) is 16.1 Å². The second-order valence-electron chi connectivity index (χ2n) is 9.28. The third kappa shape index (κ3) is 5.95. The number of aliphatic hydroxyl groups is 1. The normalized spacial score (nSPS) is 16.5. The van der Waals surface area contributed by atoms with Crippen molar-refractivity contribution in [1.82, 2.24) is 25.1 Å². The molecule has 1 aliphatic rings. The largest absolute Gasteiger partial charge is 0.481 e. The van der Waals surface area contributed by atoms with Crippen molar-refractivity contribution < 1.29 is 19.4 Å². The lowest BCUT2D eigenvalue weighted by Gasteiger charge is -2.17. The number of aromatic nitrogens is 4. The number of rotatable bonds is 8. The second kappa shape index (κ2) is 12.3. The fourth-order valence-corrected chi connectivity index (χ4v) is 5.04. The monoisotopic (exact) mass is 596 g/mol. The Morgan fingerprint density at radius 1 is 1.10 bits per heavy atom. The van der Waals surface area contributed by atoms with E-state index in [1.54, 1.807) is 18.2 Å². The molecule has 1 amide bonds. The molecule has 4 aromatic rings. The van der Waals surface area contributed by atoms with Crippen LogP contribution in [-0.2, 0) is 18.3 Å². The van der Waals surface area contributed by atoms with Crippen molar-refractivity contribution in [3.8, 4) is 28.3 Å². The number of hydrogen-bond donors (Lipinski definition) is 3. The number of amides is 1. The zero-order chi connectivity index (χ0) is 29.1. The van der Waals surface area contributed by atoms with Crippen LogP contribution in [-0.4, -0.2) is 63.2 Å². The first-order valence-corrected chi connectivity index (χ1v) is 13.3. The number of anilines is 1. The van der Waals surface area contributed by atoms with E-state index in [-0.39, 0.29) is 22.4 Å². The molecular formula is C28H26Cl2N6O5. The van der Waals surface area contributed by atoms with Gasteiger partial charge in [0.1, 0.15) is 6.33 Å². The molecule has 0 aliphatic carbocycles. The van der Waals surface area contributed by atoms with E-state index >= 15 is 0 Å². The molecule has 1 aliphatic heterocycles. The maximum absolute atomic E-state index is 12.8. The van der Waals surface area contributed by atoms with E-state index < -0.39 is 17.6 Å². The average molecular weight is 597 g/mol. The van der Waals surface area contributed by atoms with Crippen molar-refractivity contribution in [1.29, 1.82) is 0 Å². The predicted molar refractivity (Wildman–Crippen MR) is 154 cm³/mol. The first kappa shape index (κ1) is 28.7. The van der Waals surface area contributed by atoms with E-state index in [1.165, 1.54) is 14.2 Å². The Labute approximate surface area is 245 Å². The number of ether oxygens (including phenoxy) is 2. The molecule has 0 spiro atoms. The minimum Gasteiger partial charge on any atom is -0.481 e. The Hall–Kier alpha value is -3.87. The maximum Gasteiger partial charge on any atom is 0.298 e. The lowest BCUT2D eigenvalue weighted by atomic mass is 10.00. The fourth-order valence-electron chi connectivity index (χ4n) is 4.44. The summed E-state index contributed by atoms with van der Waals surface area (Å²) < 4.78 is 11.9. The van der Waals surface area contributed by atoms with Gasteiger partial charge in [-0.2, -0.15) is 5.10 Å². The van der Waals surface area contributed by atoms with Crippen molar-refractivity contribution in [2.24, 2.45) is 7.05 Å². The number of methoxy groups -OCH3 is 1. The highest BCUT2D eigenvalue weighted by Crippen LogP contribution is 2.41. The Balaban J connectivity index is 1.42. The average Bonchev–Trinajstić information content (AvgIpc) is 3.39. The van der Waals surface area contributed by atoms with Gasteiger partial charge in [-0.25, -0.2) is 14.6 Å². The highest BCUT2D eigenvalue weighted by Gasteiger charge is 2.26. The van der Waals surface area contributed by atoms with Crippen LogP contribution in [0.3, 0.4) is 0 Å². The van der Waals surface area contributed by atoms with Gasteiger partial charge in [-0.1, -0.05) is 59.6 Å². The van der Waals surface area contributed by atoms with E-state index in [4.69, 9.17) is 32.7 Å². The van der Waals surface area contributed by atoms with Gasteiger partial charge in [-0.3, -0.25) is 9.59 Å². The number of pyridine rings is 1.